The molecule has 2 saturated heterocycles. The molecule has 0 spiro atoms. The number of amides is 2. The summed E-state index contributed by atoms with van der Waals surface area (Å²) in [5.41, 5.74) is 0.975. The molecule has 1 aromatic rings. The molecule has 152 valence electrons. The molecule has 2 aliphatic heterocycles. The van der Waals surface area contributed by atoms with Crippen LogP contribution in [0.2, 0.25) is 0 Å². The molecular weight excluding hydrogens is 352 g/mol. The van der Waals surface area contributed by atoms with E-state index in [9.17, 15) is 9.59 Å². The zero-order chi connectivity index (χ0) is 19.8. The normalized spacial score (nSPS) is 18.9. The van der Waals surface area contributed by atoms with E-state index in [1.54, 1.807) is 6.08 Å². The highest BCUT2D eigenvalue weighted by atomic mass is 16.5. The van der Waals surface area contributed by atoms with E-state index in [-0.39, 0.29) is 11.8 Å². The second-order valence-electron chi connectivity index (χ2n) is 7.67. The monoisotopic (exact) mass is 384 g/mol. The molecule has 0 unspecified atom stereocenters. The van der Waals surface area contributed by atoms with Crippen LogP contribution in [0.25, 0.3) is 6.08 Å². The van der Waals surface area contributed by atoms with Gasteiger partial charge < -0.3 is 14.5 Å². The van der Waals surface area contributed by atoms with Crippen molar-refractivity contribution >= 4 is 17.9 Å². The van der Waals surface area contributed by atoms with Crippen LogP contribution in [0.5, 0.6) is 5.75 Å². The van der Waals surface area contributed by atoms with Gasteiger partial charge in [0.1, 0.15) is 5.75 Å². The Labute approximate surface area is 168 Å². The fraction of sp³-hybridized carbons (Fsp3) is 0.565. The average molecular weight is 385 g/mol. The Bertz CT molecular complexity index is 668. The summed E-state index contributed by atoms with van der Waals surface area (Å²) >= 11 is 0. The van der Waals surface area contributed by atoms with E-state index in [1.165, 1.54) is 12.8 Å². The third-order valence-corrected chi connectivity index (χ3v) is 5.68. The van der Waals surface area contributed by atoms with Gasteiger partial charge in [0.25, 0.3) is 0 Å². The largest absolute Gasteiger partial charge is 0.494 e. The summed E-state index contributed by atoms with van der Waals surface area (Å²) in [7, 11) is 0. The number of rotatable bonds is 5. The molecule has 5 nitrogen and oxygen atoms in total. The van der Waals surface area contributed by atoms with Crippen molar-refractivity contribution in [1.29, 1.82) is 0 Å². The van der Waals surface area contributed by atoms with E-state index in [0.29, 0.717) is 25.6 Å². The summed E-state index contributed by atoms with van der Waals surface area (Å²) in [5, 5.41) is 0. The number of nitrogens with zero attached hydrogens (tertiary/aromatic N) is 2. The molecule has 0 bridgehead atoms. The molecule has 0 atom stereocenters. The van der Waals surface area contributed by atoms with Gasteiger partial charge in [0.05, 0.1) is 6.61 Å². The van der Waals surface area contributed by atoms with Gasteiger partial charge in [-0.2, -0.15) is 0 Å². The molecule has 5 heteroatoms. The highest BCUT2D eigenvalue weighted by Crippen LogP contribution is 2.22. The van der Waals surface area contributed by atoms with Gasteiger partial charge in [-0.05, 0) is 56.4 Å². The number of likely N-dealkylation sites (tertiary alicyclic amines) is 2. The Morgan fingerprint density at radius 1 is 0.964 bits per heavy atom. The Balaban J connectivity index is 1.47. The zero-order valence-electron chi connectivity index (χ0n) is 16.9. The fourth-order valence-electron chi connectivity index (χ4n) is 4.01. The number of ether oxygens (including phenoxy) is 1. The molecule has 3 rings (SSSR count). The fourth-order valence-corrected chi connectivity index (χ4v) is 4.01. The van der Waals surface area contributed by atoms with Gasteiger partial charge in [0.2, 0.25) is 11.8 Å². The first-order valence-corrected chi connectivity index (χ1v) is 10.7. The first-order chi connectivity index (χ1) is 13.7. The molecule has 2 amide bonds. The summed E-state index contributed by atoms with van der Waals surface area (Å²) in [6.45, 7) is 5.74. The summed E-state index contributed by atoms with van der Waals surface area (Å²) in [5.74, 6) is 1.24. The first-order valence-electron chi connectivity index (χ1n) is 10.7. The van der Waals surface area contributed by atoms with Crippen LogP contribution in [-0.2, 0) is 9.59 Å². The van der Waals surface area contributed by atoms with Crippen LogP contribution in [0, 0.1) is 5.92 Å². The summed E-state index contributed by atoms with van der Waals surface area (Å²) in [6, 6.07) is 7.71. The molecule has 28 heavy (non-hydrogen) atoms. The Morgan fingerprint density at radius 3 is 2.21 bits per heavy atom. The van der Waals surface area contributed by atoms with Crippen LogP contribution in [0.15, 0.2) is 30.3 Å². The van der Waals surface area contributed by atoms with Gasteiger partial charge in [0.15, 0.2) is 0 Å². The molecule has 0 aromatic heterocycles. The van der Waals surface area contributed by atoms with Crippen molar-refractivity contribution < 1.29 is 14.3 Å². The molecule has 0 aliphatic carbocycles. The number of carbonyl (C=O) groups excluding carboxylic acids is 2. The maximum absolute atomic E-state index is 12.8. The lowest BCUT2D eigenvalue weighted by Gasteiger charge is -2.33. The SMILES string of the molecule is CCOc1ccc(/C=C/C(=O)N2CCC(C(=O)N3CCCCCC3)CC2)cc1. The Morgan fingerprint density at radius 2 is 1.61 bits per heavy atom. The van der Waals surface area contributed by atoms with E-state index >= 15 is 0 Å². The van der Waals surface area contributed by atoms with Gasteiger partial charge >= 0.3 is 0 Å². The van der Waals surface area contributed by atoms with Crippen LogP contribution in [0.3, 0.4) is 0 Å². The van der Waals surface area contributed by atoms with Crippen LogP contribution in [-0.4, -0.2) is 54.4 Å². The molecular formula is C23H32N2O3. The van der Waals surface area contributed by atoms with E-state index < -0.39 is 0 Å². The molecule has 2 fully saturated rings. The smallest absolute Gasteiger partial charge is 0.246 e. The van der Waals surface area contributed by atoms with Crippen molar-refractivity contribution in [3.8, 4) is 5.75 Å². The lowest BCUT2D eigenvalue weighted by atomic mass is 9.95. The average Bonchev–Trinajstić information content (AvgIpc) is 3.02. The van der Waals surface area contributed by atoms with Crippen LogP contribution in [0.1, 0.15) is 51.0 Å². The minimum Gasteiger partial charge on any atom is -0.494 e. The predicted molar refractivity (Wildman–Crippen MR) is 111 cm³/mol. The number of hydrogen-bond acceptors (Lipinski definition) is 3. The summed E-state index contributed by atoms with van der Waals surface area (Å²) < 4.78 is 5.43. The third kappa shape index (κ3) is 5.60. The molecule has 1 aromatic carbocycles. The minimum atomic E-state index is 0.0227. The maximum atomic E-state index is 12.8. The molecule has 0 radical (unpaired) electrons. The van der Waals surface area contributed by atoms with E-state index in [2.05, 4.69) is 4.90 Å². The number of carbonyl (C=O) groups is 2. The van der Waals surface area contributed by atoms with Crippen molar-refractivity contribution in [3.05, 3.63) is 35.9 Å². The van der Waals surface area contributed by atoms with Gasteiger partial charge in [-0.3, -0.25) is 9.59 Å². The molecule has 2 aliphatic rings. The molecule has 2 heterocycles. The second kappa shape index (κ2) is 10.3. The van der Waals surface area contributed by atoms with Gasteiger partial charge in [-0.25, -0.2) is 0 Å². The van der Waals surface area contributed by atoms with E-state index in [4.69, 9.17) is 4.74 Å². The van der Waals surface area contributed by atoms with Crippen LogP contribution < -0.4 is 4.74 Å². The minimum absolute atomic E-state index is 0.0227. The van der Waals surface area contributed by atoms with Crippen molar-refractivity contribution in [2.24, 2.45) is 5.92 Å². The van der Waals surface area contributed by atoms with E-state index in [0.717, 1.165) is 50.1 Å². The topological polar surface area (TPSA) is 49.9 Å². The summed E-state index contributed by atoms with van der Waals surface area (Å²) in [6.07, 6.45) is 9.74. The zero-order valence-corrected chi connectivity index (χ0v) is 16.9. The standard InChI is InChI=1S/C23H32N2O3/c1-2-28-21-10-7-19(8-11-21)9-12-22(26)24-17-13-20(14-18-24)23(27)25-15-5-3-4-6-16-25/h7-12,20H,2-6,13-18H2,1H3/b12-9+. The highest BCUT2D eigenvalue weighted by molar-refractivity contribution is 5.92. The number of hydrogen-bond donors (Lipinski definition) is 0. The van der Waals surface area contributed by atoms with Crippen molar-refractivity contribution in [2.45, 2.75) is 45.4 Å². The van der Waals surface area contributed by atoms with Crippen molar-refractivity contribution in [3.63, 3.8) is 0 Å². The van der Waals surface area contributed by atoms with Gasteiger partial charge in [-0.15, -0.1) is 0 Å². The van der Waals surface area contributed by atoms with Crippen LogP contribution in [0.4, 0.5) is 0 Å². The van der Waals surface area contributed by atoms with E-state index in [1.807, 2.05) is 42.2 Å². The Hall–Kier alpha value is -2.30. The lowest BCUT2D eigenvalue weighted by molar-refractivity contribution is -0.139. The molecule has 0 N–H and O–H groups in total. The third-order valence-electron chi connectivity index (χ3n) is 5.68. The van der Waals surface area contributed by atoms with Gasteiger partial charge in [0, 0.05) is 38.2 Å². The number of benzene rings is 1. The maximum Gasteiger partial charge on any atom is 0.246 e. The van der Waals surface area contributed by atoms with Gasteiger partial charge in [-0.1, -0.05) is 25.0 Å². The lowest BCUT2D eigenvalue weighted by Crippen LogP contribution is -2.44. The molecule has 0 saturated carbocycles. The van der Waals surface area contributed by atoms with Crippen LogP contribution >= 0.6 is 0 Å². The summed E-state index contributed by atoms with van der Waals surface area (Å²) in [4.78, 5) is 29.2. The first kappa shape index (κ1) is 20.4. The van der Waals surface area contributed by atoms with Crippen molar-refractivity contribution in [2.75, 3.05) is 32.8 Å². The predicted octanol–water partition coefficient (Wildman–Crippen LogP) is 3.74. The Kier molecular flexibility index (Phi) is 7.52. The second-order valence-corrected chi connectivity index (χ2v) is 7.67. The van der Waals surface area contributed by atoms with Crippen molar-refractivity contribution in [1.82, 2.24) is 9.80 Å². The number of piperidine rings is 1. The quantitative estimate of drug-likeness (QED) is 0.727. The highest BCUT2D eigenvalue weighted by Gasteiger charge is 2.29.